The molecule has 0 radical (unpaired) electrons. The second-order valence-electron chi connectivity index (χ2n) is 3.74. The van der Waals surface area contributed by atoms with Crippen molar-refractivity contribution in [2.75, 3.05) is 23.4 Å². The summed E-state index contributed by atoms with van der Waals surface area (Å²) in [5.74, 6) is 3.31. The third-order valence-electron chi connectivity index (χ3n) is 2.57. The predicted octanol–water partition coefficient (Wildman–Crippen LogP) is 2.15. The second-order valence-corrected chi connectivity index (χ2v) is 4.89. The molecule has 0 aliphatic carbocycles. The summed E-state index contributed by atoms with van der Waals surface area (Å²) < 4.78 is 0. The molecular formula is C10H13N3O2S. The van der Waals surface area contributed by atoms with Gasteiger partial charge < -0.3 is 5.32 Å². The quantitative estimate of drug-likeness (QED) is 0.644. The van der Waals surface area contributed by atoms with Crippen LogP contribution < -0.4 is 5.32 Å². The maximum Gasteiger partial charge on any atom is 0.311 e. The van der Waals surface area contributed by atoms with Gasteiger partial charge in [-0.25, -0.2) is 4.98 Å². The monoisotopic (exact) mass is 239 g/mol. The molecule has 1 aromatic heterocycles. The maximum absolute atomic E-state index is 10.7. The SMILES string of the molecule is O=[N+]([O-])c1cccnc1NCC1CCSC1. The van der Waals surface area contributed by atoms with E-state index in [0.29, 0.717) is 11.7 Å². The van der Waals surface area contributed by atoms with E-state index in [2.05, 4.69) is 10.3 Å². The molecule has 0 spiro atoms. The van der Waals surface area contributed by atoms with Crippen molar-refractivity contribution in [3.05, 3.63) is 28.4 Å². The Balaban J connectivity index is 2.00. The number of nitro groups is 1. The molecule has 1 atom stereocenters. The molecule has 1 aliphatic rings. The first-order valence-corrected chi connectivity index (χ1v) is 6.34. The molecule has 2 rings (SSSR count). The van der Waals surface area contributed by atoms with Gasteiger partial charge in [-0.3, -0.25) is 10.1 Å². The van der Waals surface area contributed by atoms with Gasteiger partial charge in [0, 0.05) is 18.8 Å². The number of pyridine rings is 1. The highest BCUT2D eigenvalue weighted by molar-refractivity contribution is 7.99. The number of hydrogen-bond acceptors (Lipinski definition) is 5. The Morgan fingerprint density at radius 1 is 1.69 bits per heavy atom. The minimum absolute atomic E-state index is 0.0492. The summed E-state index contributed by atoms with van der Waals surface area (Å²) >= 11 is 1.93. The van der Waals surface area contributed by atoms with Crippen molar-refractivity contribution in [1.82, 2.24) is 4.98 Å². The van der Waals surface area contributed by atoms with Gasteiger partial charge >= 0.3 is 5.69 Å². The number of rotatable bonds is 4. The summed E-state index contributed by atoms with van der Waals surface area (Å²) in [7, 11) is 0. The zero-order valence-corrected chi connectivity index (χ0v) is 9.57. The molecule has 5 nitrogen and oxygen atoms in total. The van der Waals surface area contributed by atoms with Crippen LogP contribution in [-0.2, 0) is 0 Å². The molecule has 0 bridgehead atoms. The summed E-state index contributed by atoms with van der Waals surface area (Å²) in [5, 5.41) is 13.8. The van der Waals surface area contributed by atoms with Crippen LogP contribution in [0.2, 0.25) is 0 Å². The zero-order valence-electron chi connectivity index (χ0n) is 8.76. The summed E-state index contributed by atoms with van der Waals surface area (Å²) in [6.45, 7) is 0.769. The van der Waals surface area contributed by atoms with E-state index < -0.39 is 4.92 Å². The molecule has 1 saturated heterocycles. The van der Waals surface area contributed by atoms with Crippen molar-refractivity contribution in [1.29, 1.82) is 0 Å². The van der Waals surface area contributed by atoms with Crippen LogP contribution in [0.4, 0.5) is 11.5 Å². The molecule has 1 N–H and O–H groups in total. The Hall–Kier alpha value is -1.30. The largest absolute Gasteiger partial charge is 0.364 e. The minimum atomic E-state index is -0.404. The Bertz CT molecular complexity index is 380. The highest BCUT2D eigenvalue weighted by Crippen LogP contribution is 2.25. The van der Waals surface area contributed by atoms with E-state index in [9.17, 15) is 10.1 Å². The van der Waals surface area contributed by atoms with E-state index in [1.165, 1.54) is 18.2 Å². The van der Waals surface area contributed by atoms with Crippen molar-refractivity contribution in [2.45, 2.75) is 6.42 Å². The summed E-state index contributed by atoms with van der Waals surface area (Å²) in [4.78, 5) is 14.3. The van der Waals surface area contributed by atoms with Gasteiger partial charge in [0.25, 0.3) is 0 Å². The highest BCUT2D eigenvalue weighted by Gasteiger charge is 2.18. The van der Waals surface area contributed by atoms with Crippen molar-refractivity contribution < 1.29 is 4.92 Å². The molecule has 86 valence electrons. The van der Waals surface area contributed by atoms with Crippen molar-refractivity contribution in [2.24, 2.45) is 5.92 Å². The molecule has 1 unspecified atom stereocenters. The number of hydrogen-bond donors (Lipinski definition) is 1. The number of anilines is 1. The fourth-order valence-electron chi connectivity index (χ4n) is 1.67. The smallest absolute Gasteiger partial charge is 0.311 e. The van der Waals surface area contributed by atoms with E-state index in [0.717, 1.165) is 12.3 Å². The fraction of sp³-hybridized carbons (Fsp3) is 0.500. The molecule has 0 amide bonds. The number of nitrogens with one attached hydrogen (secondary N) is 1. The molecule has 1 aromatic rings. The van der Waals surface area contributed by atoms with Gasteiger partial charge in [0.1, 0.15) is 0 Å². The first kappa shape index (κ1) is 11.2. The lowest BCUT2D eigenvalue weighted by Crippen LogP contribution is -2.15. The number of thioether (sulfide) groups is 1. The standard InChI is InChI=1S/C10H13N3O2S/c14-13(15)9-2-1-4-11-10(9)12-6-8-3-5-16-7-8/h1-2,4,8H,3,5-7H2,(H,11,12). The van der Waals surface area contributed by atoms with E-state index in [1.807, 2.05) is 11.8 Å². The molecule has 1 aliphatic heterocycles. The first-order valence-electron chi connectivity index (χ1n) is 5.18. The molecule has 0 aromatic carbocycles. The van der Waals surface area contributed by atoms with Crippen LogP contribution in [-0.4, -0.2) is 28.0 Å². The van der Waals surface area contributed by atoms with E-state index in [4.69, 9.17) is 0 Å². The van der Waals surface area contributed by atoms with Crippen molar-refractivity contribution >= 4 is 23.3 Å². The lowest BCUT2D eigenvalue weighted by molar-refractivity contribution is -0.384. The number of aromatic nitrogens is 1. The lowest BCUT2D eigenvalue weighted by Gasteiger charge is -2.10. The van der Waals surface area contributed by atoms with E-state index in [1.54, 1.807) is 12.3 Å². The number of nitrogens with zero attached hydrogens (tertiary/aromatic N) is 2. The predicted molar refractivity (Wildman–Crippen MR) is 64.8 cm³/mol. The van der Waals surface area contributed by atoms with Crippen LogP contribution in [0.3, 0.4) is 0 Å². The van der Waals surface area contributed by atoms with Crippen LogP contribution in [0, 0.1) is 16.0 Å². The molecule has 6 heteroatoms. The maximum atomic E-state index is 10.7. The second kappa shape index (κ2) is 5.16. The van der Waals surface area contributed by atoms with Gasteiger partial charge in [-0.15, -0.1) is 0 Å². The minimum Gasteiger partial charge on any atom is -0.364 e. The fourth-order valence-corrected chi connectivity index (χ4v) is 2.95. The van der Waals surface area contributed by atoms with Gasteiger partial charge in [-0.05, 0) is 29.9 Å². The third kappa shape index (κ3) is 2.63. The molecule has 2 heterocycles. The topological polar surface area (TPSA) is 68.1 Å². The first-order chi connectivity index (χ1) is 7.77. The summed E-state index contributed by atoms with van der Waals surface area (Å²) in [6, 6.07) is 3.05. The van der Waals surface area contributed by atoms with E-state index in [-0.39, 0.29) is 5.69 Å². The van der Waals surface area contributed by atoms with Gasteiger partial charge in [-0.1, -0.05) is 0 Å². The normalized spacial score (nSPS) is 19.6. The Kier molecular flexibility index (Phi) is 3.61. The van der Waals surface area contributed by atoms with E-state index >= 15 is 0 Å². The van der Waals surface area contributed by atoms with Crippen LogP contribution >= 0.6 is 11.8 Å². The van der Waals surface area contributed by atoms with Gasteiger partial charge in [-0.2, -0.15) is 11.8 Å². The lowest BCUT2D eigenvalue weighted by atomic mass is 10.1. The zero-order chi connectivity index (χ0) is 11.4. The Morgan fingerprint density at radius 3 is 3.25 bits per heavy atom. The summed E-state index contributed by atoms with van der Waals surface area (Å²) in [6.07, 6.45) is 2.75. The van der Waals surface area contributed by atoms with Gasteiger partial charge in [0.05, 0.1) is 4.92 Å². The molecule has 1 fully saturated rings. The van der Waals surface area contributed by atoms with Gasteiger partial charge in [0.2, 0.25) is 5.82 Å². The Morgan fingerprint density at radius 2 is 2.56 bits per heavy atom. The van der Waals surface area contributed by atoms with Crippen LogP contribution in [0.15, 0.2) is 18.3 Å². The van der Waals surface area contributed by atoms with Crippen molar-refractivity contribution in [3.8, 4) is 0 Å². The molecule has 0 saturated carbocycles. The highest BCUT2D eigenvalue weighted by atomic mass is 32.2. The summed E-state index contributed by atoms with van der Waals surface area (Å²) in [5.41, 5.74) is 0.0492. The van der Waals surface area contributed by atoms with Gasteiger partial charge in [0.15, 0.2) is 0 Å². The van der Waals surface area contributed by atoms with Crippen molar-refractivity contribution in [3.63, 3.8) is 0 Å². The third-order valence-corrected chi connectivity index (χ3v) is 3.80. The Labute approximate surface area is 97.8 Å². The average molecular weight is 239 g/mol. The molecule has 16 heavy (non-hydrogen) atoms. The van der Waals surface area contributed by atoms with Crippen LogP contribution in [0.1, 0.15) is 6.42 Å². The van der Waals surface area contributed by atoms with Crippen LogP contribution in [0.25, 0.3) is 0 Å². The average Bonchev–Trinajstić information content (AvgIpc) is 2.79. The van der Waals surface area contributed by atoms with Crippen LogP contribution in [0.5, 0.6) is 0 Å². The molecular weight excluding hydrogens is 226 g/mol.